The molecule has 0 aliphatic heterocycles. The predicted molar refractivity (Wildman–Crippen MR) is 119 cm³/mol. The number of benzene rings is 1. The average Bonchev–Trinajstić information content (AvgIpc) is 2.75. The van der Waals surface area contributed by atoms with Crippen LogP contribution in [0.25, 0.3) is 0 Å². The van der Waals surface area contributed by atoms with Crippen molar-refractivity contribution in [2.75, 3.05) is 0 Å². The van der Waals surface area contributed by atoms with E-state index < -0.39 is 0 Å². The highest BCUT2D eigenvalue weighted by atomic mass is 16.6. The molecule has 0 amide bonds. The number of carbonyl (C=O) groups is 2. The molecule has 3 rings (SSSR count). The molecule has 0 heterocycles. The van der Waals surface area contributed by atoms with Gasteiger partial charge < -0.3 is 9.47 Å². The lowest BCUT2D eigenvalue weighted by Crippen LogP contribution is -2.39. The Morgan fingerprint density at radius 3 is 1.40 bits per heavy atom. The summed E-state index contributed by atoms with van der Waals surface area (Å²) in [5, 5.41) is 0. The Kier molecular flexibility index (Phi) is 7.96. The van der Waals surface area contributed by atoms with Crippen LogP contribution in [-0.2, 0) is 9.47 Å². The lowest BCUT2D eigenvalue weighted by molar-refractivity contribution is -0.0465. The summed E-state index contributed by atoms with van der Waals surface area (Å²) in [7, 11) is 0. The Morgan fingerprint density at radius 2 is 1.07 bits per heavy atom. The van der Waals surface area contributed by atoms with E-state index in [1.165, 1.54) is 12.8 Å². The van der Waals surface area contributed by atoms with Crippen LogP contribution in [-0.4, -0.2) is 23.1 Å². The van der Waals surface area contributed by atoms with E-state index in [2.05, 4.69) is 13.8 Å². The topological polar surface area (TPSA) is 52.6 Å². The van der Waals surface area contributed by atoms with Crippen LogP contribution >= 0.6 is 0 Å². The summed E-state index contributed by atoms with van der Waals surface area (Å²) in [4.78, 5) is 26.4. The molecule has 4 nitrogen and oxygen atoms in total. The van der Waals surface area contributed by atoms with Crippen LogP contribution in [0.5, 0.6) is 0 Å². The van der Waals surface area contributed by atoms with Gasteiger partial charge in [0.25, 0.3) is 0 Å². The summed E-state index contributed by atoms with van der Waals surface area (Å²) in [6.07, 6.45) is 14.2. The zero-order valence-electron chi connectivity index (χ0n) is 18.8. The number of hydrogen-bond acceptors (Lipinski definition) is 4. The fourth-order valence-corrected chi connectivity index (χ4v) is 5.45. The normalized spacial score (nSPS) is 20.3. The average molecular weight is 415 g/mol. The third-order valence-corrected chi connectivity index (χ3v) is 6.93. The molecule has 0 saturated heterocycles. The minimum absolute atomic E-state index is 0.339. The largest absolute Gasteiger partial charge is 0.455 e. The Labute approximate surface area is 181 Å². The van der Waals surface area contributed by atoms with Crippen molar-refractivity contribution in [3.8, 4) is 0 Å². The second kappa shape index (κ2) is 10.5. The SMILES string of the molecule is CCCC1(OC(=O)c2ccccc2C(=O)OC2(CCC)CCCCC2)CCCCC1. The predicted octanol–water partition coefficient (Wildman–Crippen LogP) is 7.01. The smallest absolute Gasteiger partial charge is 0.339 e. The van der Waals surface area contributed by atoms with Crippen molar-refractivity contribution < 1.29 is 19.1 Å². The molecule has 1 aromatic rings. The van der Waals surface area contributed by atoms with Gasteiger partial charge >= 0.3 is 11.9 Å². The summed E-state index contributed by atoms with van der Waals surface area (Å²) in [5.74, 6) is -0.767. The van der Waals surface area contributed by atoms with E-state index in [-0.39, 0.29) is 23.1 Å². The lowest BCUT2D eigenvalue weighted by Gasteiger charge is -2.37. The van der Waals surface area contributed by atoms with Gasteiger partial charge in [0.2, 0.25) is 0 Å². The number of esters is 2. The molecule has 0 N–H and O–H groups in total. The molecule has 0 atom stereocenters. The third-order valence-electron chi connectivity index (χ3n) is 6.93. The van der Waals surface area contributed by atoms with Crippen LogP contribution < -0.4 is 0 Å². The molecule has 2 saturated carbocycles. The van der Waals surface area contributed by atoms with Crippen molar-refractivity contribution >= 4 is 11.9 Å². The first-order chi connectivity index (χ1) is 14.5. The first-order valence-corrected chi connectivity index (χ1v) is 12.1. The Hall–Kier alpha value is -1.84. The van der Waals surface area contributed by atoms with E-state index in [9.17, 15) is 9.59 Å². The number of hydrogen-bond donors (Lipinski definition) is 0. The molecule has 0 spiro atoms. The zero-order valence-corrected chi connectivity index (χ0v) is 18.8. The molecular weight excluding hydrogens is 376 g/mol. The fraction of sp³-hybridized carbons (Fsp3) is 0.692. The van der Waals surface area contributed by atoms with Crippen LogP contribution in [0.1, 0.15) is 124 Å². The van der Waals surface area contributed by atoms with Gasteiger partial charge in [-0.2, -0.15) is 0 Å². The maximum Gasteiger partial charge on any atom is 0.339 e. The minimum Gasteiger partial charge on any atom is -0.455 e. The van der Waals surface area contributed by atoms with E-state index in [4.69, 9.17) is 9.47 Å². The molecule has 4 heteroatoms. The van der Waals surface area contributed by atoms with Gasteiger partial charge in [0.15, 0.2) is 0 Å². The molecule has 2 aliphatic carbocycles. The van der Waals surface area contributed by atoms with Crippen LogP contribution in [0.15, 0.2) is 24.3 Å². The molecule has 0 unspecified atom stereocenters. The molecule has 2 fully saturated rings. The van der Waals surface area contributed by atoms with Crippen molar-refractivity contribution in [3.63, 3.8) is 0 Å². The standard InChI is InChI=1S/C26H38O4/c1-3-15-25(17-9-5-10-18-25)29-23(27)21-13-7-8-14-22(21)24(28)30-26(16-4-2)19-11-6-12-20-26/h7-8,13-14H,3-6,9-12,15-20H2,1-2H3. The van der Waals surface area contributed by atoms with E-state index in [1.54, 1.807) is 24.3 Å². The van der Waals surface area contributed by atoms with Gasteiger partial charge in [-0.25, -0.2) is 9.59 Å². The molecule has 30 heavy (non-hydrogen) atoms. The number of carbonyl (C=O) groups excluding carboxylic acids is 2. The Bertz CT molecular complexity index is 639. The second-order valence-corrected chi connectivity index (χ2v) is 9.31. The summed E-state index contributed by atoms with van der Waals surface area (Å²) >= 11 is 0. The first kappa shape index (κ1) is 22.8. The van der Waals surface area contributed by atoms with Crippen molar-refractivity contribution in [1.29, 1.82) is 0 Å². The maximum absolute atomic E-state index is 13.2. The summed E-state index contributed by atoms with van der Waals surface area (Å²) in [6, 6.07) is 7.00. The highest BCUT2D eigenvalue weighted by Crippen LogP contribution is 2.38. The lowest BCUT2D eigenvalue weighted by atomic mass is 9.81. The Balaban J connectivity index is 1.79. The highest BCUT2D eigenvalue weighted by Gasteiger charge is 2.38. The molecule has 2 aliphatic rings. The van der Waals surface area contributed by atoms with E-state index >= 15 is 0 Å². The first-order valence-electron chi connectivity index (χ1n) is 12.1. The minimum atomic E-state index is -0.383. The van der Waals surface area contributed by atoms with Crippen LogP contribution in [0, 0.1) is 0 Å². The van der Waals surface area contributed by atoms with Gasteiger partial charge in [-0.3, -0.25) is 0 Å². The fourth-order valence-electron chi connectivity index (χ4n) is 5.45. The summed E-state index contributed by atoms with van der Waals surface area (Å²) in [5.41, 5.74) is -0.0843. The third kappa shape index (κ3) is 5.44. The van der Waals surface area contributed by atoms with Crippen LogP contribution in [0.2, 0.25) is 0 Å². The van der Waals surface area contributed by atoms with E-state index in [0.29, 0.717) is 11.1 Å². The Morgan fingerprint density at radius 1 is 0.700 bits per heavy atom. The number of ether oxygens (including phenoxy) is 2. The quantitative estimate of drug-likeness (QED) is 0.429. The molecule has 0 bridgehead atoms. The summed E-state index contributed by atoms with van der Waals surface area (Å²) < 4.78 is 12.2. The summed E-state index contributed by atoms with van der Waals surface area (Å²) in [6.45, 7) is 4.26. The van der Waals surface area contributed by atoms with Gasteiger partial charge in [-0.05, 0) is 76.3 Å². The molecule has 166 valence electrons. The molecule has 0 radical (unpaired) electrons. The molecule has 0 aromatic heterocycles. The van der Waals surface area contributed by atoms with Gasteiger partial charge in [0.1, 0.15) is 11.2 Å². The van der Waals surface area contributed by atoms with Crippen molar-refractivity contribution in [2.24, 2.45) is 0 Å². The highest BCUT2D eigenvalue weighted by molar-refractivity contribution is 6.03. The van der Waals surface area contributed by atoms with E-state index in [1.807, 2.05) is 0 Å². The second-order valence-electron chi connectivity index (χ2n) is 9.31. The van der Waals surface area contributed by atoms with Crippen LogP contribution in [0.4, 0.5) is 0 Å². The van der Waals surface area contributed by atoms with E-state index in [0.717, 1.165) is 77.0 Å². The number of rotatable bonds is 8. The van der Waals surface area contributed by atoms with Gasteiger partial charge in [-0.1, -0.05) is 51.7 Å². The van der Waals surface area contributed by atoms with Gasteiger partial charge in [0.05, 0.1) is 11.1 Å². The van der Waals surface area contributed by atoms with Crippen molar-refractivity contribution in [1.82, 2.24) is 0 Å². The monoisotopic (exact) mass is 414 g/mol. The van der Waals surface area contributed by atoms with Gasteiger partial charge in [-0.15, -0.1) is 0 Å². The molecular formula is C26H38O4. The van der Waals surface area contributed by atoms with Crippen molar-refractivity contribution in [3.05, 3.63) is 35.4 Å². The van der Waals surface area contributed by atoms with Gasteiger partial charge in [0, 0.05) is 0 Å². The van der Waals surface area contributed by atoms with Crippen LogP contribution in [0.3, 0.4) is 0 Å². The van der Waals surface area contributed by atoms with Crippen molar-refractivity contribution in [2.45, 2.75) is 115 Å². The zero-order chi connectivity index (χ0) is 21.5. The molecule has 1 aromatic carbocycles. The maximum atomic E-state index is 13.2.